The van der Waals surface area contributed by atoms with Gasteiger partial charge in [0, 0.05) is 31.5 Å². The van der Waals surface area contributed by atoms with Gasteiger partial charge in [0.2, 0.25) is 5.91 Å². The number of hydrogen-bond acceptors (Lipinski definition) is 4. The fourth-order valence-corrected chi connectivity index (χ4v) is 4.85. The fraction of sp³-hybridized carbons (Fsp3) is 0.722. The molecule has 0 spiro atoms. The lowest BCUT2D eigenvalue weighted by atomic mass is 9.72. The summed E-state index contributed by atoms with van der Waals surface area (Å²) in [4.78, 5) is 31.2. The van der Waals surface area contributed by atoms with Gasteiger partial charge in [-0.1, -0.05) is 20.8 Å². The van der Waals surface area contributed by atoms with Crippen molar-refractivity contribution in [2.45, 2.75) is 58.4 Å². The van der Waals surface area contributed by atoms with Crippen LogP contribution in [-0.4, -0.2) is 40.8 Å². The largest absolute Gasteiger partial charge is 0.354 e. The van der Waals surface area contributed by atoms with E-state index in [0.29, 0.717) is 17.9 Å². The van der Waals surface area contributed by atoms with Crippen molar-refractivity contribution in [1.82, 2.24) is 15.2 Å². The maximum Gasteiger partial charge on any atom is 0.265 e. The standard InChI is InChI=1S/C18H27N3O2S/c1-11(22)20-14-7-13(8-14)12-5-6-21(9-12)17(23)15-16(18(2,3)4)19-10-24-15/h10,12-14H,5-9H2,1-4H3,(H,20,22). The number of carbonyl (C=O) groups excluding carboxylic acids is 2. The van der Waals surface area contributed by atoms with Gasteiger partial charge in [-0.3, -0.25) is 9.59 Å². The van der Waals surface area contributed by atoms with Crippen LogP contribution in [0.15, 0.2) is 5.51 Å². The lowest BCUT2D eigenvalue weighted by Gasteiger charge is -2.39. The van der Waals surface area contributed by atoms with Crippen molar-refractivity contribution < 1.29 is 9.59 Å². The predicted molar refractivity (Wildman–Crippen MR) is 95.2 cm³/mol. The van der Waals surface area contributed by atoms with Crippen LogP contribution in [0.5, 0.6) is 0 Å². The molecule has 2 aliphatic rings. The average molecular weight is 350 g/mol. The summed E-state index contributed by atoms with van der Waals surface area (Å²) in [6.07, 6.45) is 3.19. The zero-order valence-electron chi connectivity index (χ0n) is 15.0. The topological polar surface area (TPSA) is 62.3 Å². The molecule has 3 rings (SSSR count). The molecule has 1 aliphatic heterocycles. The number of likely N-dealkylation sites (tertiary alicyclic amines) is 1. The third-order valence-corrected chi connectivity index (χ3v) is 6.05. The van der Waals surface area contributed by atoms with E-state index in [1.807, 2.05) is 4.90 Å². The number of thiazole rings is 1. The van der Waals surface area contributed by atoms with Crippen molar-refractivity contribution in [3.8, 4) is 0 Å². The molecule has 6 heteroatoms. The first-order chi connectivity index (χ1) is 11.3. The Morgan fingerprint density at radius 2 is 2.00 bits per heavy atom. The number of hydrogen-bond donors (Lipinski definition) is 1. The molecule has 132 valence electrons. The van der Waals surface area contributed by atoms with Crippen molar-refractivity contribution in [3.63, 3.8) is 0 Å². The number of amides is 2. The van der Waals surface area contributed by atoms with Gasteiger partial charge < -0.3 is 10.2 Å². The smallest absolute Gasteiger partial charge is 0.265 e. The first kappa shape index (κ1) is 17.4. The normalized spacial score (nSPS) is 27.0. The summed E-state index contributed by atoms with van der Waals surface area (Å²) in [6, 6.07) is 0.339. The van der Waals surface area contributed by atoms with Gasteiger partial charge in [-0.05, 0) is 31.1 Å². The van der Waals surface area contributed by atoms with Crippen LogP contribution in [0.3, 0.4) is 0 Å². The number of carbonyl (C=O) groups is 2. The van der Waals surface area contributed by atoms with Crippen molar-refractivity contribution in [2.24, 2.45) is 11.8 Å². The van der Waals surface area contributed by atoms with Gasteiger partial charge in [-0.15, -0.1) is 11.3 Å². The van der Waals surface area contributed by atoms with E-state index < -0.39 is 0 Å². The highest BCUT2D eigenvalue weighted by molar-refractivity contribution is 7.11. The quantitative estimate of drug-likeness (QED) is 0.913. The summed E-state index contributed by atoms with van der Waals surface area (Å²) in [7, 11) is 0. The molecule has 2 amide bonds. The predicted octanol–water partition coefficient (Wildman–Crippen LogP) is 2.82. The molecule has 1 saturated heterocycles. The molecule has 5 nitrogen and oxygen atoms in total. The first-order valence-corrected chi connectivity index (χ1v) is 9.64. The van der Waals surface area contributed by atoms with E-state index in [1.165, 1.54) is 11.3 Å². The van der Waals surface area contributed by atoms with E-state index in [4.69, 9.17) is 0 Å². The Morgan fingerprint density at radius 3 is 2.62 bits per heavy atom. The van der Waals surface area contributed by atoms with E-state index in [1.54, 1.807) is 12.4 Å². The van der Waals surface area contributed by atoms with Crippen LogP contribution in [0.25, 0.3) is 0 Å². The minimum atomic E-state index is -0.107. The molecule has 1 aliphatic carbocycles. The highest BCUT2D eigenvalue weighted by Crippen LogP contribution is 2.39. The van der Waals surface area contributed by atoms with Gasteiger partial charge in [0.25, 0.3) is 5.91 Å². The van der Waals surface area contributed by atoms with E-state index >= 15 is 0 Å². The van der Waals surface area contributed by atoms with Crippen molar-refractivity contribution in [3.05, 3.63) is 16.1 Å². The van der Waals surface area contributed by atoms with E-state index in [-0.39, 0.29) is 17.2 Å². The molecule has 1 atom stereocenters. The van der Waals surface area contributed by atoms with Crippen LogP contribution < -0.4 is 5.32 Å². The second-order valence-corrected chi connectivity index (χ2v) is 9.06. The molecule has 1 aromatic heterocycles. The Labute approximate surface area is 147 Å². The van der Waals surface area contributed by atoms with Gasteiger partial charge in [0.1, 0.15) is 4.88 Å². The SMILES string of the molecule is CC(=O)NC1CC(C2CCN(C(=O)c3scnc3C(C)(C)C)C2)C1. The molecule has 2 heterocycles. The van der Waals surface area contributed by atoms with Crippen molar-refractivity contribution in [1.29, 1.82) is 0 Å². The molecule has 24 heavy (non-hydrogen) atoms. The van der Waals surface area contributed by atoms with Crippen LogP contribution in [0.2, 0.25) is 0 Å². The molecule has 0 bridgehead atoms. The second-order valence-electron chi connectivity index (χ2n) is 8.21. The lowest BCUT2D eigenvalue weighted by molar-refractivity contribution is -0.120. The minimum Gasteiger partial charge on any atom is -0.354 e. The van der Waals surface area contributed by atoms with Gasteiger partial charge in [0.15, 0.2) is 0 Å². The monoisotopic (exact) mass is 349 g/mol. The Morgan fingerprint density at radius 1 is 1.29 bits per heavy atom. The van der Waals surface area contributed by atoms with Crippen LogP contribution >= 0.6 is 11.3 Å². The number of aromatic nitrogens is 1. The molecule has 1 N–H and O–H groups in total. The zero-order chi connectivity index (χ0) is 17.5. The molecule has 0 aromatic carbocycles. The summed E-state index contributed by atoms with van der Waals surface area (Å²) in [5, 5.41) is 2.99. The van der Waals surface area contributed by atoms with Crippen LogP contribution in [-0.2, 0) is 10.2 Å². The molecule has 1 aromatic rings. The second kappa shape index (κ2) is 6.47. The maximum absolute atomic E-state index is 12.9. The number of nitrogens with zero attached hydrogens (tertiary/aromatic N) is 2. The summed E-state index contributed by atoms with van der Waals surface area (Å²) in [5.41, 5.74) is 2.59. The van der Waals surface area contributed by atoms with Gasteiger partial charge in [-0.2, -0.15) is 0 Å². The number of nitrogens with one attached hydrogen (secondary N) is 1. The summed E-state index contributed by atoms with van der Waals surface area (Å²) >= 11 is 1.46. The summed E-state index contributed by atoms with van der Waals surface area (Å²) < 4.78 is 0. The van der Waals surface area contributed by atoms with Crippen LogP contribution in [0.1, 0.15) is 62.3 Å². The average Bonchev–Trinajstić information content (AvgIpc) is 3.09. The highest BCUT2D eigenvalue weighted by atomic mass is 32.1. The van der Waals surface area contributed by atoms with E-state index in [9.17, 15) is 9.59 Å². The van der Waals surface area contributed by atoms with Gasteiger partial charge >= 0.3 is 0 Å². The van der Waals surface area contributed by atoms with E-state index in [2.05, 4.69) is 31.1 Å². The Bertz CT molecular complexity index is 628. The number of rotatable bonds is 3. The highest BCUT2D eigenvalue weighted by Gasteiger charge is 2.40. The van der Waals surface area contributed by atoms with Gasteiger partial charge in [-0.25, -0.2) is 4.98 Å². The fourth-order valence-electron chi connectivity index (χ4n) is 3.88. The Hall–Kier alpha value is -1.43. The lowest BCUT2D eigenvalue weighted by Crippen LogP contribution is -2.46. The molecular weight excluding hydrogens is 322 g/mol. The third kappa shape index (κ3) is 3.48. The summed E-state index contributed by atoms with van der Waals surface area (Å²) in [6.45, 7) is 9.56. The molecule has 0 radical (unpaired) electrons. The molecule has 1 unspecified atom stereocenters. The van der Waals surface area contributed by atoms with E-state index in [0.717, 1.165) is 42.9 Å². The van der Waals surface area contributed by atoms with Crippen molar-refractivity contribution in [2.75, 3.05) is 13.1 Å². The Kier molecular flexibility index (Phi) is 4.69. The minimum absolute atomic E-state index is 0.0570. The van der Waals surface area contributed by atoms with Crippen molar-refractivity contribution >= 4 is 23.2 Å². The molecular formula is C18H27N3O2S. The van der Waals surface area contributed by atoms with Crippen LogP contribution in [0, 0.1) is 11.8 Å². The van der Waals surface area contributed by atoms with Gasteiger partial charge in [0.05, 0.1) is 11.2 Å². The summed E-state index contributed by atoms with van der Waals surface area (Å²) in [5.74, 6) is 1.41. The third-order valence-electron chi connectivity index (χ3n) is 5.23. The Balaban J connectivity index is 1.58. The first-order valence-electron chi connectivity index (χ1n) is 8.76. The molecule has 1 saturated carbocycles. The molecule has 2 fully saturated rings. The van der Waals surface area contributed by atoms with Crippen LogP contribution in [0.4, 0.5) is 0 Å². The maximum atomic E-state index is 12.9. The zero-order valence-corrected chi connectivity index (χ0v) is 15.8.